The van der Waals surface area contributed by atoms with Crippen LogP contribution in [0.1, 0.15) is 23.2 Å². The van der Waals surface area contributed by atoms with E-state index in [-0.39, 0.29) is 18.0 Å². The Kier molecular flexibility index (Phi) is 6.32. The lowest BCUT2D eigenvalue weighted by Crippen LogP contribution is -2.32. The van der Waals surface area contributed by atoms with Gasteiger partial charge in [0, 0.05) is 23.2 Å². The molecule has 2 aromatic heterocycles. The number of nitrogens with one attached hydrogen (secondary N) is 2. The van der Waals surface area contributed by atoms with Crippen molar-refractivity contribution in [3.05, 3.63) is 69.4 Å². The van der Waals surface area contributed by atoms with Gasteiger partial charge in [-0.15, -0.1) is 0 Å². The number of aromatic amines is 2. The fraction of sp³-hybridized carbons (Fsp3) is 0.217. The molecule has 0 atom stereocenters. The Morgan fingerprint density at radius 1 is 1.12 bits per heavy atom. The molecular weight excluding hydrogens is 446 g/mol. The van der Waals surface area contributed by atoms with Gasteiger partial charge in [0.25, 0.3) is 11.5 Å². The van der Waals surface area contributed by atoms with Crippen molar-refractivity contribution in [2.45, 2.75) is 13.5 Å². The van der Waals surface area contributed by atoms with E-state index in [1.54, 1.807) is 35.2 Å². The summed E-state index contributed by atoms with van der Waals surface area (Å²) in [5, 5.41) is 7.97. The minimum atomic E-state index is -0.329. The number of H-pyrrole nitrogens is 2. The molecule has 0 fully saturated rings. The topological polar surface area (TPSA) is 113 Å². The number of carbonyl (C=O) groups excluding carboxylic acids is 1. The van der Waals surface area contributed by atoms with E-state index in [9.17, 15) is 9.59 Å². The Balaban J connectivity index is 1.61. The summed E-state index contributed by atoms with van der Waals surface area (Å²) < 4.78 is 10.6. The van der Waals surface area contributed by atoms with Crippen molar-refractivity contribution < 1.29 is 14.3 Å². The van der Waals surface area contributed by atoms with Crippen LogP contribution in [0.2, 0.25) is 5.02 Å². The zero-order chi connectivity index (χ0) is 23.5. The summed E-state index contributed by atoms with van der Waals surface area (Å²) in [6.07, 6.45) is 0. The first kappa shape index (κ1) is 22.3. The minimum Gasteiger partial charge on any atom is -0.493 e. The number of benzene rings is 2. The monoisotopic (exact) mass is 467 g/mol. The van der Waals surface area contributed by atoms with Gasteiger partial charge >= 0.3 is 0 Å². The van der Waals surface area contributed by atoms with Gasteiger partial charge in [0.2, 0.25) is 0 Å². The number of nitrogens with zero attached hydrogens (tertiary/aromatic N) is 3. The maximum absolute atomic E-state index is 13.1. The van der Waals surface area contributed by atoms with Gasteiger partial charge in [-0.05, 0) is 31.2 Å². The molecule has 10 heteroatoms. The van der Waals surface area contributed by atoms with Crippen LogP contribution in [0.3, 0.4) is 0 Å². The fourth-order valence-electron chi connectivity index (χ4n) is 3.49. The average molecular weight is 468 g/mol. The van der Waals surface area contributed by atoms with Crippen molar-refractivity contribution in [2.24, 2.45) is 0 Å². The zero-order valence-corrected chi connectivity index (χ0v) is 19.1. The Labute approximate surface area is 194 Å². The van der Waals surface area contributed by atoms with Gasteiger partial charge in [-0.25, -0.2) is 4.98 Å². The van der Waals surface area contributed by atoms with Gasteiger partial charge in [-0.3, -0.25) is 14.7 Å². The van der Waals surface area contributed by atoms with Gasteiger partial charge in [-0.2, -0.15) is 5.10 Å². The molecule has 33 heavy (non-hydrogen) atoms. The van der Waals surface area contributed by atoms with Crippen LogP contribution in [0, 0.1) is 0 Å². The number of fused-ring (bicyclic) bond motifs is 1. The number of ether oxygens (including phenoxy) is 2. The molecule has 0 saturated carbocycles. The first-order valence-electron chi connectivity index (χ1n) is 10.2. The molecule has 0 spiro atoms. The summed E-state index contributed by atoms with van der Waals surface area (Å²) in [6, 6.07) is 12.1. The Morgan fingerprint density at radius 2 is 1.88 bits per heavy atom. The Morgan fingerprint density at radius 3 is 2.58 bits per heavy atom. The van der Waals surface area contributed by atoms with Gasteiger partial charge < -0.3 is 19.4 Å². The van der Waals surface area contributed by atoms with Crippen molar-refractivity contribution in [2.75, 3.05) is 20.8 Å². The van der Waals surface area contributed by atoms with Crippen LogP contribution < -0.4 is 15.0 Å². The molecule has 9 nitrogen and oxygen atoms in total. The second-order valence-corrected chi connectivity index (χ2v) is 7.67. The molecule has 2 aromatic carbocycles. The van der Waals surface area contributed by atoms with E-state index < -0.39 is 0 Å². The lowest BCUT2D eigenvalue weighted by atomic mass is 10.1. The van der Waals surface area contributed by atoms with Crippen molar-refractivity contribution in [1.29, 1.82) is 0 Å². The molecule has 4 aromatic rings. The summed E-state index contributed by atoms with van der Waals surface area (Å²) in [4.78, 5) is 34.6. The number of methoxy groups -OCH3 is 2. The maximum Gasteiger partial charge on any atom is 0.272 e. The molecular formula is C23H22ClN5O4. The lowest BCUT2D eigenvalue weighted by molar-refractivity contribution is 0.0742. The lowest BCUT2D eigenvalue weighted by Gasteiger charge is -2.19. The first-order chi connectivity index (χ1) is 15.9. The highest BCUT2D eigenvalue weighted by molar-refractivity contribution is 6.30. The maximum atomic E-state index is 13.1. The summed E-state index contributed by atoms with van der Waals surface area (Å²) in [7, 11) is 3.01. The van der Waals surface area contributed by atoms with E-state index in [2.05, 4.69) is 20.2 Å². The predicted molar refractivity (Wildman–Crippen MR) is 125 cm³/mol. The van der Waals surface area contributed by atoms with E-state index in [1.807, 2.05) is 19.1 Å². The van der Waals surface area contributed by atoms with Crippen molar-refractivity contribution >= 4 is 28.4 Å². The van der Waals surface area contributed by atoms with E-state index in [0.717, 1.165) is 5.56 Å². The standard InChI is InChI=1S/C23H22ClN5O4/c1-4-29(23(31)18-10-16(27-28-18)13-6-5-7-14(24)8-13)12-21-25-17-11-20(33-3)19(32-2)9-15(17)22(30)26-21/h5-11H,4,12H2,1-3H3,(H,27,28)(H,25,26,30). The van der Waals surface area contributed by atoms with Crippen LogP contribution in [0.25, 0.3) is 22.2 Å². The summed E-state index contributed by atoms with van der Waals surface area (Å²) in [5.74, 6) is 0.978. The van der Waals surface area contributed by atoms with Crippen LogP contribution in [0.4, 0.5) is 0 Å². The molecule has 4 rings (SSSR count). The number of aromatic nitrogens is 4. The highest BCUT2D eigenvalue weighted by Gasteiger charge is 2.20. The van der Waals surface area contributed by atoms with E-state index in [4.69, 9.17) is 21.1 Å². The quantitative estimate of drug-likeness (QED) is 0.429. The average Bonchev–Trinajstić information content (AvgIpc) is 3.32. The predicted octanol–water partition coefficient (Wildman–Crippen LogP) is 3.65. The molecule has 0 unspecified atom stereocenters. The van der Waals surface area contributed by atoms with Crippen LogP contribution in [0.15, 0.2) is 47.3 Å². The molecule has 0 aliphatic heterocycles. The Bertz CT molecular complexity index is 1380. The van der Waals surface area contributed by atoms with Gasteiger partial charge in [0.15, 0.2) is 11.5 Å². The third-order valence-corrected chi connectivity index (χ3v) is 5.43. The summed E-state index contributed by atoms with van der Waals surface area (Å²) in [6.45, 7) is 2.36. The third kappa shape index (κ3) is 4.54. The van der Waals surface area contributed by atoms with Crippen LogP contribution in [-0.4, -0.2) is 51.7 Å². The molecule has 2 N–H and O–H groups in total. The summed E-state index contributed by atoms with van der Waals surface area (Å²) >= 11 is 6.05. The molecule has 0 bridgehead atoms. The molecule has 0 saturated heterocycles. The minimum absolute atomic E-state index is 0.111. The van der Waals surface area contributed by atoms with Gasteiger partial charge in [0.05, 0.1) is 37.4 Å². The van der Waals surface area contributed by atoms with Gasteiger partial charge in [0.1, 0.15) is 11.5 Å². The van der Waals surface area contributed by atoms with E-state index >= 15 is 0 Å². The normalized spacial score (nSPS) is 10.9. The van der Waals surface area contributed by atoms with E-state index in [1.165, 1.54) is 14.2 Å². The van der Waals surface area contributed by atoms with Gasteiger partial charge in [-0.1, -0.05) is 23.7 Å². The van der Waals surface area contributed by atoms with E-state index in [0.29, 0.717) is 51.2 Å². The highest BCUT2D eigenvalue weighted by atomic mass is 35.5. The van der Waals surface area contributed by atoms with Crippen LogP contribution >= 0.6 is 11.6 Å². The smallest absolute Gasteiger partial charge is 0.272 e. The summed E-state index contributed by atoms with van der Waals surface area (Å²) in [5.41, 5.74) is 1.84. The van der Waals surface area contributed by atoms with Crippen LogP contribution in [0.5, 0.6) is 11.5 Å². The Hall–Kier alpha value is -3.85. The second-order valence-electron chi connectivity index (χ2n) is 7.23. The van der Waals surface area contributed by atoms with Crippen LogP contribution in [-0.2, 0) is 6.54 Å². The first-order valence-corrected chi connectivity index (χ1v) is 10.6. The number of hydrogen-bond acceptors (Lipinski definition) is 6. The zero-order valence-electron chi connectivity index (χ0n) is 18.3. The van der Waals surface area contributed by atoms with Crippen molar-refractivity contribution in [1.82, 2.24) is 25.1 Å². The van der Waals surface area contributed by atoms with Crippen molar-refractivity contribution in [3.8, 4) is 22.8 Å². The second kappa shape index (κ2) is 9.33. The molecule has 1 amide bonds. The number of halogens is 1. The highest BCUT2D eigenvalue weighted by Crippen LogP contribution is 2.30. The number of rotatable bonds is 7. The number of amides is 1. The molecule has 2 heterocycles. The molecule has 0 radical (unpaired) electrons. The largest absolute Gasteiger partial charge is 0.493 e. The number of carbonyl (C=O) groups is 1. The fourth-order valence-corrected chi connectivity index (χ4v) is 3.68. The molecule has 0 aliphatic carbocycles. The third-order valence-electron chi connectivity index (χ3n) is 5.20. The molecule has 170 valence electrons. The SMILES string of the molecule is CCN(Cc1nc2cc(OC)c(OC)cc2c(=O)[nH]1)C(=O)c1cc(-c2cccc(Cl)c2)n[nH]1. The molecule has 0 aliphatic rings. The van der Waals surface area contributed by atoms with Crippen molar-refractivity contribution in [3.63, 3.8) is 0 Å². The number of hydrogen-bond donors (Lipinski definition) is 2.